The Bertz CT molecular complexity index is 693. The van der Waals surface area contributed by atoms with Gasteiger partial charge in [-0.15, -0.1) is 0 Å². The molecule has 0 fully saturated rings. The summed E-state index contributed by atoms with van der Waals surface area (Å²) in [6.45, 7) is 7.76. The molecule has 0 aromatic heterocycles. The van der Waals surface area contributed by atoms with Gasteiger partial charge >= 0.3 is 0 Å². The van der Waals surface area contributed by atoms with Crippen molar-refractivity contribution in [3.05, 3.63) is 69.3 Å². The minimum Gasteiger partial charge on any atom is -0.491 e. The van der Waals surface area contributed by atoms with Gasteiger partial charge in [0.05, 0.1) is 4.92 Å². The zero-order chi connectivity index (χ0) is 18.4. The molecule has 25 heavy (non-hydrogen) atoms. The van der Waals surface area contributed by atoms with E-state index in [1.807, 2.05) is 18.2 Å². The summed E-state index contributed by atoms with van der Waals surface area (Å²) in [5.74, 6) is 0.970. The Kier molecular flexibility index (Phi) is 6.53. The van der Waals surface area contributed by atoms with E-state index in [0.29, 0.717) is 6.61 Å². The maximum Gasteiger partial charge on any atom is 0.269 e. The van der Waals surface area contributed by atoms with Gasteiger partial charge in [0, 0.05) is 24.7 Å². The Labute approximate surface area is 149 Å². The minimum absolute atomic E-state index is 0.132. The van der Waals surface area contributed by atoms with Gasteiger partial charge in [-0.1, -0.05) is 30.3 Å². The van der Waals surface area contributed by atoms with E-state index >= 15 is 0 Å². The Balaban J connectivity index is 1.83. The third-order valence-electron chi connectivity index (χ3n) is 4.53. The number of nitro benzene ring substituents is 1. The van der Waals surface area contributed by atoms with E-state index in [1.54, 1.807) is 12.1 Å². The van der Waals surface area contributed by atoms with Crippen LogP contribution >= 0.6 is 0 Å². The SMILES string of the molecule is Cc1cccc(C)c1OC[C@@H](C)N(C)CCc1ccc([N+](=O)[O-])cc1. The van der Waals surface area contributed by atoms with Crippen molar-refractivity contribution in [2.75, 3.05) is 20.2 Å². The predicted molar refractivity (Wildman–Crippen MR) is 100 cm³/mol. The number of nitro groups is 1. The summed E-state index contributed by atoms with van der Waals surface area (Å²) in [6.07, 6.45) is 0.849. The van der Waals surface area contributed by atoms with Gasteiger partial charge in [0.25, 0.3) is 5.69 Å². The van der Waals surface area contributed by atoms with Crippen LogP contribution in [0, 0.1) is 24.0 Å². The van der Waals surface area contributed by atoms with Crippen molar-refractivity contribution in [3.63, 3.8) is 0 Å². The number of ether oxygens (including phenoxy) is 1. The lowest BCUT2D eigenvalue weighted by atomic mass is 10.1. The Morgan fingerprint density at radius 2 is 1.72 bits per heavy atom. The van der Waals surface area contributed by atoms with Crippen molar-refractivity contribution in [3.8, 4) is 5.75 Å². The van der Waals surface area contributed by atoms with Gasteiger partial charge < -0.3 is 4.74 Å². The number of aryl methyl sites for hydroxylation is 2. The molecule has 0 heterocycles. The molecule has 0 N–H and O–H groups in total. The van der Waals surface area contributed by atoms with Gasteiger partial charge in [-0.3, -0.25) is 15.0 Å². The van der Waals surface area contributed by atoms with E-state index in [-0.39, 0.29) is 16.7 Å². The highest BCUT2D eigenvalue weighted by Gasteiger charge is 2.12. The van der Waals surface area contributed by atoms with Crippen LogP contribution in [0.3, 0.4) is 0 Å². The van der Waals surface area contributed by atoms with E-state index < -0.39 is 0 Å². The zero-order valence-corrected chi connectivity index (χ0v) is 15.4. The fourth-order valence-electron chi connectivity index (χ4n) is 2.67. The van der Waals surface area contributed by atoms with E-state index in [1.165, 1.54) is 0 Å². The third-order valence-corrected chi connectivity index (χ3v) is 4.53. The molecule has 0 spiro atoms. The van der Waals surface area contributed by atoms with Crippen molar-refractivity contribution in [2.24, 2.45) is 0 Å². The van der Waals surface area contributed by atoms with Crippen molar-refractivity contribution in [2.45, 2.75) is 33.2 Å². The van der Waals surface area contributed by atoms with Gasteiger partial charge in [-0.2, -0.15) is 0 Å². The highest BCUT2D eigenvalue weighted by molar-refractivity contribution is 5.39. The quantitative estimate of drug-likeness (QED) is 0.534. The molecule has 0 aliphatic heterocycles. The Morgan fingerprint density at radius 1 is 1.12 bits per heavy atom. The molecule has 2 rings (SSSR count). The summed E-state index contributed by atoms with van der Waals surface area (Å²) in [5, 5.41) is 10.7. The lowest BCUT2D eigenvalue weighted by Gasteiger charge is -2.25. The minimum atomic E-state index is -0.372. The Hall–Kier alpha value is -2.40. The van der Waals surface area contributed by atoms with Crippen LogP contribution in [-0.4, -0.2) is 36.1 Å². The summed E-state index contributed by atoms with van der Waals surface area (Å²) in [5.41, 5.74) is 3.54. The number of likely N-dealkylation sites (N-methyl/N-ethyl adjacent to an activating group) is 1. The number of para-hydroxylation sites is 1. The average molecular weight is 342 g/mol. The van der Waals surface area contributed by atoms with Crippen LogP contribution in [0.15, 0.2) is 42.5 Å². The van der Waals surface area contributed by atoms with E-state index in [2.05, 4.69) is 44.9 Å². The van der Waals surface area contributed by atoms with Crippen LogP contribution in [0.5, 0.6) is 5.75 Å². The smallest absolute Gasteiger partial charge is 0.269 e. The first-order valence-electron chi connectivity index (χ1n) is 8.51. The van der Waals surface area contributed by atoms with Gasteiger partial charge in [0.2, 0.25) is 0 Å². The molecule has 0 radical (unpaired) electrons. The van der Waals surface area contributed by atoms with Gasteiger partial charge in [0.15, 0.2) is 0 Å². The summed E-state index contributed by atoms with van der Waals surface area (Å²) >= 11 is 0. The zero-order valence-electron chi connectivity index (χ0n) is 15.4. The second-order valence-corrected chi connectivity index (χ2v) is 6.54. The van der Waals surface area contributed by atoms with Crippen LogP contribution in [-0.2, 0) is 6.42 Å². The number of hydrogen-bond donors (Lipinski definition) is 0. The number of benzene rings is 2. The second-order valence-electron chi connectivity index (χ2n) is 6.54. The molecule has 5 heteroatoms. The highest BCUT2D eigenvalue weighted by Crippen LogP contribution is 2.22. The molecule has 5 nitrogen and oxygen atoms in total. The highest BCUT2D eigenvalue weighted by atomic mass is 16.6. The van der Waals surface area contributed by atoms with Crippen LogP contribution in [0.25, 0.3) is 0 Å². The first-order chi connectivity index (χ1) is 11.9. The van der Waals surface area contributed by atoms with E-state index in [4.69, 9.17) is 4.74 Å². The Morgan fingerprint density at radius 3 is 2.28 bits per heavy atom. The molecule has 0 amide bonds. The molecular weight excluding hydrogens is 316 g/mol. The van der Waals surface area contributed by atoms with Gasteiger partial charge in [0.1, 0.15) is 12.4 Å². The molecule has 0 aliphatic carbocycles. The third kappa shape index (κ3) is 5.29. The summed E-state index contributed by atoms with van der Waals surface area (Å²) < 4.78 is 6.03. The van der Waals surface area contributed by atoms with Crippen molar-refractivity contribution in [1.29, 1.82) is 0 Å². The first kappa shape index (κ1) is 18.9. The molecule has 0 bridgehead atoms. The van der Waals surface area contributed by atoms with Crippen LogP contribution in [0.4, 0.5) is 5.69 Å². The molecule has 2 aromatic rings. The average Bonchev–Trinajstić information content (AvgIpc) is 2.59. The fourth-order valence-corrected chi connectivity index (χ4v) is 2.67. The van der Waals surface area contributed by atoms with Gasteiger partial charge in [-0.05, 0) is 50.9 Å². The number of nitrogens with zero attached hydrogens (tertiary/aromatic N) is 2. The largest absolute Gasteiger partial charge is 0.491 e. The van der Waals surface area contributed by atoms with Crippen molar-refractivity contribution < 1.29 is 9.66 Å². The topological polar surface area (TPSA) is 55.6 Å². The first-order valence-corrected chi connectivity index (χ1v) is 8.51. The van der Waals surface area contributed by atoms with Crippen LogP contribution in [0.2, 0.25) is 0 Å². The molecule has 134 valence electrons. The number of rotatable bonds is 8. The van der Waals surface area contributed by atoms with E-state index in [9.17, 15) is 10.1 Å². The maximum atomic E-state index is 10.7. The molecule has 0 saturated heterocycles. The summed E-state index contributed by atoms with van der Waals surface area (Å²) in [7, 11) is 2.07. The molecule has 1 atom stereocenters. The molecular formula is C20H26N2O3. The van der Waals surface area contributed by atoms with Crippen molar-refractivity contribution >= 4 is 5.69 Å². The summed E-state index contributed by atoms with van der Waals surface area (Å²) in [4.78, 5) is 12.6. The van der Waals surface area contributed by atoms with Gasteiger partial charge in [-0.25, -0.2) is 0 Å². The lowest BCUT2D eigenvalue weighted by Crippen LogP contribution is -2.35. The monoisotopic (exact) mass is 342 g/mol. The number of hydrogen-bond acceptors (Lipinski definition) is 4. The van der Waals surface area contributed by atoms with Crippen LogP contribution in [0.1, 0.15) is 23.6 Å². The molecule has 0 unspecified atom stereocenters. The number of non-ortho nitro benzene ring substituents is 1. The second kappa shape index (κ2) is 8.62. The molecule has 0 aliphatic rings. The molecule has 2 aromatic carbocycles. The standard InChI is InChI=1S/C20H26N2O3/c1-15-6-5-7-16(2)20(15)25-14-17(3)21(4)13-12-18-8-10-19(11-9-18)22(23)24/h5-11,17H,12-14H2,1-4H3/t17-/m1/s1. The predicted octanol–water partition coefficient (Wildman–Crippen LogP) is 4.15. The fraction of sp³-hybridized carbons (Fsp3) is 0.400. The lowest BCUT2D eigenvalue weighted by molar-refractivity contribution is -0.384. The van der Waals surface area contributed by atoms with Crippen LogP contribution < -0.4 is 4.74 Å². The normalized spacial score (nSPS) is 12.2. The van der Waals surface area contributed by atoms with Crippen molar-refractivity contribution in [1.82, 2.24) is 4.90 Å². The maximum absolute atomic E-state index is 10.7. The molecule has 0 saturated carbocycles. The summed E-state index contributed by atoms with van der Waals surface area (Å²) in [6, 6.07) is 13.2. The van der Waals surface area contributed by atoms with E-state index in [0.717, 1.165) is 35.4 Å².